The van der Waals surface area contributed by atoms with Crippen LogP contribution < -0.4 is 5.32 Å². The maximum Gasteiger partial charge on any atom is 0.0579 e. The van der Waals surface area contributed by atoms with Crippen LogP contribution in [0.1, 0.15) is 18.3 Å². The van der Waals surface area contributed by atoms with Gasteiger partial charge in [0.25, 0.3) is 0 Å². The van der Waals surface area contributed by atoms with E-state index in [-0.39, 0.29) is 0 Å². The first kappa shape index (κ1) is 9.76. The van der Waals surface area contributed by atoms with Crippen LogP contribution in [0.15, 0.2) is 18.2 Å². The first-order chi connectivity index (χ1) is 6.33. The van der Waals surface area contributed by atoms with Crippen molar-refractivity contribution in [1.29, 1.82) is 0 Å². The lowest BCUT2D eigenvalue weighted by Gasteiger charge is -2.00. The molecule has 1 aromatic rings. The molecule has 2 nitrogen and oxygen atoms in total. The Morgan fingerprint density at radius 3 is 3.00 bits per heavy atom. The lowest BCUT2D eigenvalue weighted by atomic mass is 10.3. The maximum atomic E-state index is 4.36. The molecule has 0 aliphatic heterocycles. The third-order valence-electron chi connectivity index (χ3n) is 1.64. The van der Waals surface area contributed by atoms with Crippen molar-refractivity contribution in [2.75, 3.05) is 6.54 Å². The molecular weight excluding hydrogens is 160 g/mol. The van der Waals surface area contributed by atoms with Crippen LogP contribution in [-0.4, -0.2) is 11.5 Å². The molecule has 13 heavy (non-hydrogen) atoms. The highest BCUT2D eigenvalue weighted by Gasteiger charge is 1.92. The zero-order chi connectivity index (χ0) is 9.52. The van der Waals surface area contributed by atoms with Crippen LogP contribution >= 0.6 is 0 Å². The summed E-state index contributed by atoms with van der Waals surface area (Å²) in [6, 6.07) is 6.03. The third kappa shape index (κ3) is 3.73. The van der Waals surface area contributed by atoms with Crippen molar-refractivity contribution < 1.29 is 0 Å². The van der Waals surface area contributed by atoms with Gasteiger partial charge in [-0.25, -0.2) is 0 Å². The van der Waals surface area contributed by atoms with Crippen LogP contribution in [0.4, 0.5) is 0 Å². The summed E-state index contributed by atoms with van der Waals surface area (Å²) < 4.78 is 0. The quantitative estimate of drug-likeness (QED) is 0.555. The van der Waals surface area contributed by atoms with Crippen LogP contribution in [0.3, 0.4) is 0 Å². The van der Waals surface area contributed by atoms with Crippen molar-refractivity contribution >= 4 is 0 Å². The van der Waals surface area contributed by atoms with Crippen LogP contribution in [-0.2, 0) is 6.54 Å². The average molecular weight is 174 g/mol. The van der Waals surface area contributed by atoms with Gasteiger partial charge in [0.15, 0.2) is 0 Å². The van der Waals surface area contributed by atoms with Crippen molar-refractivity contribution in [3.8, 4) is 11.8 Å². The van der Waals surface area contributed by atoms with E-state index in [0.717, 1.165) is 24.5 Å². The fourth-order valence-corrected chi connectivity index (χ4v) is 1.04. The third-order valence-corrected chi connectivity index (χ3v) is 1.64. The summed E-state index contributed by atoms with van der Waals surface area (Å²) in [4.78, 5) is 4.36. The summed E-state index contributed by atoms with van der Waals surface area (Å²) in [5, 5.41) is 3.19. The Morgan fingerprint density at radius 1 is 1.46 bits per heavy atom. The summed E-state index contributed by atoms with van der Waals surface area (Å²) in [5.41, 5.74) is 2.12. The highest BCUT2D eigenvalue weighted by atomic mass is 14.9. The van der Waals surface area contributed by atoms with Crippen molar-refractivity contribution in [1.82, 2.24) is 10.3 Å². The second kappa shape index (κ2) is 5.34. The summed E-state index contributed by atoms with van der Waals surface area (Å²) in [6.45, 7) is 5.35. The number of aryl methyl sites for hydroxylation is 1. The second-order valence-corrected chi connectivity index (χ2v) is 2.80. The van der Waals surface area contributed by atoms with Crippen molar-refractivity contribution in [3.63, 3.8) is 0 Å². The van der Waals surface area contributed by atoms with E-state index in [9.17, 15) is 0 Å². The van der Waals surface area contributed by atoms with Crippen molar-refractivity contribution in [3.05, 3.63) is 29.6 Å². The fourth-order valence-electron chi connectivity index (χ4n) is 1.04. The van der Waals surface area contributed by atoms with Gasteiger partial charge in [-0.1, -0.05) is 12.0 Å². The molecule has 0 saturated carbocycles. The van der Waals surface area contributed by atoms with E-state index in [1.165, 1.54) is 0 Å². The number of hydrogen-bond donors (Lipinski definition) is 1. The molecular formula is C11H14N2. The lowest BCUT2D eigenvalue weighted by molar-refractivity contribution is 0.746. The Balaban J connectivity index is 2.39. The smallest absolute Gasteiger partial charge is 0.0579 e. The molecule has 1 aromatic heterocycles. The van der Waals surface area contributed by atoms with Gasteiger partial charge in [0, 0.05) is 12.2 Å². The maximum absolute atomic E-state index is 4.36. The van der Waals surface area contributed by atoms with Crippen LogP contribution in [0, 0.1) is 18.8 Å². The number of hydrogen-bond acceptors (Lipinski definition) is 2. The molecule has 0 fully saturated rings. The van der Waals surface area contributed by atoms with Gasteiger partial charge in [-0.3, -0.25) is 4.98 Å². The predicted molar refractivity (Wildman–Crippen MR) is 54.1 cm³/mol. The van der Waals surface area contributed by atoms with E-state index in [2.05, 4.69) is 22.1 Å². The summed E-state index contributed by atoms with van der Waals surface area (Å²) in [6.07, 6.45) is 0. The summed E-state index contributed by atoms with van der Waals surface area (Å²) >= 11 is 0. The highest BCUT2D eigenvalue weighted by molar-refractivity contribution is 5.10. The van der Waals surface area contributed by atoms with Crippen LogP contribution in [0.2, 0.25) is 0 Å². The molecule has 68 valence electrons. The molecule has 2 heteroatoms. The molecule has 1 N–H and O–H groups in total. The van der Waals surface area contributed by atoms with Gasteiger partial charge in [-0.15, -0.1) is 5.92 Å². The monoisotopic (exact) mass is 174 g/mol. The van der Waals surface area contributed by atoms with E-state index in [1.54, 1.807) is 0 Å². The molecule has 0 atom stereocenters. The molecule has 0 bridgehead atoms. The van der Waals surface area contributed by atoms with Crippen molar-refractivity contribution in [2.45, 2.75) is 20.4 Å². The minimum absolute atomic E-state index is 0.728. The Bertz CT molecular complexity index is 320. The number of pyridine rings is 1. The SMILES string of the molecule is CC#CCNCc1cccc(C)n1. The van der Waals surface area contributed by atoms with Crippen molar-refractivity contribution in [2.24, 2.45) is 0 Å². The zero-order valence-corrected chi connectivity index (χ0v) is 8.09. The Kier molecular flexibility index (Phi) is 4.01. The second-order valence-electron chi connectivity index (χ2n) is 2.80. The summed E-state index contributed by atoms with van der Waals surface area (Å²) in [7, 11) is 0. The average Bonchev–Trinajstić information content (AvgIpc) is 2.13. The standard InChI is InChI=1S/C11H14N2/c1-3-4-8-12-9-11-7-5-6-10(2)13-11/h5-7,12H,8-9H2,1-2H3. The Hall–Kier alpha value is -1.33. The topological polar surface area (TPSA) is 24.9 Å². The van der Waals surface area contributed by atoms with Gasteiger partial charge in [0.1, 0.15) is 0 Å². The minimum atomic E-state index is 0.728. The molecule has 0 spiro atoms. The molecule has 0 aliphatic carbocycles. The largest absolute Gasteiger partial charge is 0.301 e. The minimum Gasteiger partial charge on any atom is -0.301 e. The zero-order valence-electron chi connectivity index (χ0n) is 8.09. The lowest BCUT2D eigenvalue weighted by Crippen LogP contribution is -2.14. The first-order valence-electron chi connectivity index (χ1n) is 4.36. The summed E-state index contributed by atoms with van der Waals surface area (Å²) in [5.74, 6) is 5.78. The van der Waals surface area contributed by atoms with Crippen LogP contribution in [0.25, 0.3) is 0 Å². The first-order valence-corrected chi connectivity index (χ1v) is 4.36. The molecule has 0 amide bonds. The van der Waals surface area contributed by atoms with E-state index in [0.29, 0.717) is 0 Å². The molecule has 0 aliphatic rings. The highest BCUT2D eigenvalue weighted by Crippen LogP contribution is 1.96. The van der Waals surface area contributed by atoms with Gasteiger partial charge < -0.3 is 5.32 Å². The molecule has 0 saturated heterocycles. The van der Waals surface area contributed by atoms with Gasteiger partial charge in [-0.05, 0) is 26.0 Å². The number of nitrogens with one attached hydrogen (secondary N) is 1. The van der Waals surface area contributed by atoms with E-state index in [1.807, 2.05) is 32.0 Å². The number of aromatic nitrogens is 1. The van der Waals surface area contributed by atoms with Crippen LogP contribution in [0.5, 0.6) is 0 Å². The van der Waals surface area contributed by atoms with Gasteiger partial charge in [0.2, 0.25) is 0 Å². The van der Waals surface area contributed by atoms with Gasteiger partial charge in [-0.2, -0.15) is 0 Å². The Morgan fingerprint density at radius 2 is 2.31 bits per heavy atom. The fraction of sp³-hybridized carbons (Fsp3) is 0.364. The molecule has 0 unspecified atom stereocenters. The van der Waals surface area contributed by atoms with Gasteiger partial charge in [0.05, 0.1) is 12.2 Å². The Labute approximate surface area is 79.4 Å². The van der Waals surface area contributed by atoms with E-state index >= 15 is 0 Å². The van der Waals surface area contributed by atoms with E-state index < -0.39 is 0 Å². The molecule has 0 aromatic carbocycles. The molecule has 0 radical (unpaired) electrons. The number of rotatable bonds is 3. The molecule has 1 rings (SSSR count). The van der Waals surface area contributed by atoms with E-state index in [4.69, 9.17) is 0 Å². The predicted octanol–water partition coefficient (Wildman–Crippen LogP) is 1.50. The molecule has 1 heterocycles. The normalized spacial score (nSPS) is 9.08. The van der Waals surface area contributed by atoms with Gasteiger partial charge >= 0.3 is 0 Å². The number of nitrogens with zero attached hydrogens (tertiary/aromatic N) is 1.